The Bertz CT molecular complexity index is 2340. The van der Waals surface area contributed by atoms with E-state index in [2.05, 4.69) is 144 Å². The maximum absolute atomic E-state index is 2.64. The molecule has 4 saturated carbocycles. The summed E-state index contributed by atoms with van der Waals surface area (Å²) in [5.41, 5.74) is 12.5. The molecule has 48 heavy (non-hydrogen) atoms. The van der Waals surface area contributed by atoms with Crippen LogP contribution in [0.1, 0.15) is 43.2 Å². The number of anilines is 3. The Hall–Kier alpha value is -4.66. The molecule has 1 spiro atoms. The Morgan fingerprint density at radius 2 is 1.15 bits per heavy atom. The zero-order valence-electron chi connectivity index (χ0n) is 27.0. The highest BCUT2D eigenvalue weighted by atomic mass is 32.1. The van der Waals surface area contributed by atoms with E-state index in [4.69, 9.17) is 0 Å². The van der Waals surface area contributed by atoms with Gasteiger partial charge in [-0.05, 0) is 132 Å². The summed E-state index contributed by atoms with van der Waals surface area (Å²) < 4.78 is 2.68. The summed E-state index contributed by atoms with van der Waals surface area (Å²) in [5.74, 6) is 3.35. The molecular formula is C46H37NS. The van der Waals surface area contributed by atoms with E-state index in [1.54, 1.807) is 11.1 Å². The maximum atomic E-state index is 2.64. The molecule has 1 heterocycles. The fourth-order valence-corrected chi connectivity index (χ4v) is 12.2. The third-order valence-electron chi connectivity index (χ3n) is 12.6. The first-order valence-corrected chi connectivity index (χ1v) is 18.7. The van der Waals surface area contributed by atoms with Gasteiger partial charge in [0.2, 0.25) is 0 Å². The first kappa shape index (κ1) is 27.3. The highest BCUT2D eigenvalue weighted by molar-refractivity contribution is 7.26. The third kappa shape index (κ3) is 3.73. The minimum atomic E-state index is 0.138. The van der Waals surface area contributed by atoms with Crippen LogP contribution < -0.4 is 4.90 Å². The van der Waals surface area contributed by atoms with Crippen LogP contribution in [0.15, 0.2) is 140 Å². The zero-order valence-corrected chi connectivity index (χ0v) is 27.8. The van der Waals surface area contributed by atoms with Crippen LogP contribution in [-0.2, 0) is 5.41 Å². The molecule has 5 aliphatic rings. The van der Waals surface area contributed by atoms with Crippen LogP contribution in [0.3, 0.4) is 0 Å². The largest absolute Gasteiger partial charge is 0.310 e. The normalized spacial score (nSPS) is 24.8. The van der Waals surface area contributed by atoms with Gasteiger partial charge in [0.05, 0.1) is 5.69 Å². The first-order chi connectivity index (χ1) is 23.8. The fraction of sp³-hybridized carbons (Fsp3) is 0.217. The summed E-state index contributed by atoms with van der Waals surface area (Å²) in [6.07, 6.45) is 7.07. The van der Waals surface area contributed by atoms with Crippen molar-refractivity contribution in [3.05, 3.63) is 151 Å². The number of fused-ring (bicyclic) bond motifs is 6. The Morgan fingerprint density at radius 1 is 0.500 bits per heavy atom. The second-order valence-electron chi connectivity index (χ2n) is 14.9. The Kier molecular flexibility index (Phi) is 5.79. The van der Waals surface area contributed by atoms with Crippen LogP contribution in [0.4, 0.5) is 17.1 Å². The molecule has 1 aromatic heterocycles. The van der Waals surface area contributed by atoms with Crippen molar-refractivity contribution in [2.24, 2.45) is 23.7 Å². The van der Waals surface area contributed by atoms with Crippen molar-refractivity contribution in [2.45, 2.75) is 37.5 Å². The second-order valence-corrected chi connectivity index (χ2v) is 16.0. The Balaban J connectivity index is 1.15. The van der Waals surface area contributed by atoms with E-state index in [9.17, 15) is 0 Å². The summed E-state index contributed by atoms with van der Waals surface area (Å²) in [6, 6.07) is 52.8. The predicted octanol–water partition coefficient (Wildman–Crippen LogP) is 12.9. The van der Waals surface area contributed by atoms with Gasteiger partial charge in [0.15, 0.2) is 0 Å². The van der Waals surface area contributed by atoms with E-state index < -0.39 is 0 Å². The van der Waals surface area contributed by atoms with Crippen molar-refractivity contribution >= 4 is 48.6 Å². The smallest absolute Gasteiger partial charge is 0.0554 e. The van der Waals surface area contributed by atoms with Gasteiger partial charge in [-0.1, -0.05) is 97.1 Å². The lowest BCUT2D eigenvalue weighted by Gasteiger charge is -2.61. The molecule has 0 radical (unpaired) electrons. The Morgan fingerprint density at radius 3 is 1.96 bits per heavy atom. The average Bonchev–Trinajstić information content (AvgIpc) is 3.65. The minimum absolute atomic E-state index is 0.138. The van der Waals surface area contributed by atoms with Crippen molar-refractivity contribution in [1.29, 1.82) is 0 Å². The van der Waals surface area contributed by atoms with Gasteiger partial charge in [0.25, 0.3) is 0 Å². The van der Waals surface area contributed by atoms with Gasteiger partial charge >= 0.3 is 0 Å². The highest BCUT2D eigenvalue weighted by Crippen LogP contribution is 2.69. The quantitative estimate of drug-likeness (QED) is 0.186. The van der Waals surface area contributed by atoms with Crippen LogP contribution in [0.5, 0.6) is 0 Å². The van der Waals surface area contributed by atoms with Gasteiger partial charge in [0.1, 0.15) is 0 Å². The molecule has 0 N–H and O–H groups in total. The van der Waals surface area contributed by atoms with E-state index in [1.165, 1.54) is 91.6 Å². The first-order valence-electron chi connectivity index (χ1n) is 17.9. The molecule has 4 fully saturated rings. The SMILES string of the molecule is c1ccc(-c2ccc(N(c3ccc4c(c3)C3(c5ccccc5-4)C4CC5CC(C4)CC3C5)c3cccc4sc5ccccc5c34)cc2)cc1. The number of rotatable bonds is 4. The molecule has 12 rings (SSSR count). The molecule has 0 aliphatic heterocycles. The lowest BCUT2D eigenvalue weighted by atomic mass is 9.43. The molecule has 0 unspecified atom stereocenters. The van der Waals surface area contributed by atoms with Crippen LogP contribution in [0.25, 0.3) is 42.4 Å². The molecule has 5 aliphatic carbocycles. The molecular weight excluding hydrogens is 599 g/mol. The zero-order chi connectivity index (χ0) is 31.4. The lowest BCUT2D eigenvalue weighted by Crippen LogP contribution is -2.55. The molecule has 0 amide bonds. The van der Waals surface area contributed by atoms with E-state index in [0.717, 1.165) is 23.7 Å². The summed E-state index contributed by atoms with van der Waals surface area (Å²) in [5, 5.41) is 2.68. The highest BCUT2D eigenvalue weighted by Gasteiger charge is 2.61. The van der Waals surface area contributed by atoms with Crippen molar-refractivity contribution in [3.63, 3.8) is 0 Å². The van der Waals surface area contributed by atoms with Crippen LogP contribution >= 0.6 is 11.3 Å². The van der Waals surface area contributed by atoms with E-state index in [-0.39, 0.29) is 5.41 Å². The Labute approximate surface area is 286 Å². The van der Waals surface area contributed by atoms with E-state index in [0.29, 0.717) is 0 Å². The topological polar surface area (TPSA) is 3.24 Å². The number of hydrogen-bond acceptors (Lipinski definition) is 2. The van der Waals surface area contributed by atoms with Gasteiger partial charge < -0.3 is 4.90 Å². The summed E-state index contributed by atoms with van der Waals surface area (Å²) in [4.78, 5) is 2.56. The maximum Gasteiger partial charge on any atom is 0.0554 e. The lowest BCUT2D eigenvalue weighted by molar-refractivity contribution is -0.0399. The van der Waals surface area contributed by atoms with Gasteiger partial charge in [-0.15, -0.1) is 11.3 Å². The fourth-order valence-electron chi connectivity index (χ4n) is 11.1. The second kappa shape index (κ2) is 10.2. The number of nitrogens with zero attached hydrogens (tertiary/aromatic N) is 1. The number of benzene rings is 6. The molecule has 4 bridgehead atoms. The van der Waals surface area contributed by atoms with E-state index in [1.807, 2.05) is 11.3 Å². The molecule has 2 heteroatoms. The van der Waals surface area contributed by atoms with Crippen LogP contribution in [-0.4, -0.2) is 0 Å². The standard InChI is InChI=1S/C46H37NS/c1-2-9-31(10-3-1)32-17-19-35(20-18-32)47(42-14-8-16-44-45(42)39-12-5-7-15-43(39)48-44)36-21-22-38-37-11-4-6-13-40(37)46(41(38)28-36)33-24-29-23-30(26-33)27-34(46)25-29/h1-22,28-30,33-34H,23-27H2. The van der Waals surface area contributed by atoms with Crippen LogP contribution in [0, 0.1) is 23.7 Å². The van der Waals surface area contributed by atoms with Crippen molar-refractivity contribution in [1.82, 2.24) is 0 Å². The van der Waals surface area contributed by atoms with Gasteiger partial charge in [-0.25, -0.2) is 0 Å². The molecule has 1 nitrogen and oxygen atoms in total. The molecule has 232 valence electrons. The number of thiophene rings is 1. The molecule has 6 aromatic carbocycles. The number of hydrogen-bond donors (Lipinski definition) is 0. The van der Waals surface area contributed by atoms with Gasteiger partial charge in [0, 0.05) is 37.0 Å². The summed E-state index contributed by atoms with van der Waals surface area (Å²) >= 11 is 1.90. The van der Waals surface area contributed by atoms with Crippen molar-refractivity contribution in [2.75, 3.05) is 4.90 Å². The van der Waals surface area contributed by atoms with Crippen molar-refractivity contribution in [3.8, 4) is 22.3 Å². The summed E-state index contributed by atoms with van der Waals surface area (Å²) in [7, 11) is 0. The molecule has 7 aromatic rings. The third-order valence-corrected chi connectivity index (χ3v) is 13.8. The molecule has 0 saturated heterocycles. The monoisotopic (exact) mass is 635 g/mol. The summed E-state index contributed by atoms with van der Waals surface area (Å²) in [6.45, 7) is 0. The molecule has 0 atom stereocenters. The van der Waals surface area contributed by atoms with Gasteiger partial charge in [-0.2, -0.15) is 0 Å². The predicted molar refractivity (Wildman–Crippen MR) is 203 cm³/mol. The van der Waals surface area contributed by atoms with Crippen molar-refractivity contribution < 1.29 is 0 Å². The van der Waals surface area contributed by atoms with Crippen LogP contribution in [0.2, 0.25) is 0 Å². The van der Waals surface area contributed by atoms with E-state index >= 15 is 0 Å². The minimum Gasteiger partial charge on any atom is -0.310 e. The average molecular weight is 636 g/mol. The van der Waals surface area contributed by atoms with Gasteiger partial charge in [-0.3, -0.25) is 0 Å².